The molecular weight excluding hydrogens is 401 g/mol. The van der Waals surface area contributed by atoms with Crippen LogP contribution < -0.4 is 16.0 Å². The molecule has 164 valence electrons. The Hall–Kier alpha value is -3.42. The summed E-state index contributed by atoms with van der Waals surface area (Å²) in [4.78, 5) is 35.5. The fraction of sp³-hybridized carbons (Fsp3) is 0.348. The second-order valence-electron chi connectivity index (χ2n) is 8.03. The van der Waals surface area contributed by atoms with E-state index in [2.05, 4.69) is 16.0 Å². The van der Waals surface area contributed by atoms with Gasteiger partial charge in [-0.05, 0) is 36.1 Å². The average molecular weight is 427 g/mol. The van der Waals surface area contributed by atoms with Crippen LogP contribution in [0.5, 0.6) is 0 Å². The molecule has 0 radical (unpaired) electrons. The SMILES string of the molecule is CNC(=O)c1ccc(C[C@@H](CNC(=O)[C@@H]2C[C@@]2(C)c2ccccc2)NC(=O)O)cc1F. The Labute approximate surface area is 180 Å². The zero-order valence-electron chi connectivity index (χ0n) is 17.4. The Morgan fingerprint density at radius 1 is 1.19 bits per heavy atom. The maximum atomic E-state index is 14.2. The molecule has 1 fully saturated rings. The van der Waals surface area contributed by atoms with Crippen LogP contribution in [0.1, 0.15) is 34.8 Å². The molecule has 31 heavy (non-hydrogen) atoms. The Bertz CT molecular complexity index is 982. The maximum Gasteiger partial charge on any atom is 0.404 e. The number of halogens is 1. The maximum absolute atomic E-state index is 14.2. The summed E-state index contributed by atoms with van der Waals surface area (Å²) in [6, 6.07) is 13.3. The molecule has 0 aliphatic heterocycles. The van der Waals surface area contributed by atoms with Gasteiger partial charge in [0, 0.05) is 24.9 Å². The third-order valence-corrected chi connectivity index (χ3v) is 5.82. The van der Waals surface area contributed by atoms with Gasteiger partial charge in [-0.2, -0.15) is 0 Å². The van der Waals surface area contributed by atoms with E-state index in [4.69, 9.17) is 5.11 Å². The van der Waals surface area contributed by atoms with Crippen molar-refractivity contribution in [2.24, 2.45) is 5.92 Å². The molecule has 0 bridgehead atoms. The minimum Gasteiger partial charge on any atom is -0.465 e. The minimum absolute atomic E-state index is 0.0747. The van der Waals surface area contributed by atoms with Crippen LogP contribution in [-0.4, -0.2) is 42.6 Å². The summed E-state index contributed by atoms with van der Waals surface area (Å²) in [7, 11) is 1.41. The number of rotatable bonds is 8. The molecule has 3 amide bonds. The lowest BCUT2D eigenvalue weighted by Crippen LogP contribution is -2.45. The first kappa shape index (κ1) is 22.3. The predicted octanol–water partition coefficient (Wildman–Crippen LogP) is 2.46. The van der Waals surface area contributed by atoms with E-state index in [1.165, 1.54) is 19.2 Å². The molecule has 2 aromatic rings. The molecule has 1 saturated carbocycles. The van der Waals surface area contributed by atoms with E-state index in [9.17, 15) is 18.8 Å². The van der Waals surface area contributed by atoms with Crippen LogP contribution >= 0.6 is 0 Å². The summed E-state index contributed by atoms with van der Waals surface area (Å²) in [5.41, 5.74) is 1.30. The van der Waals surface area contributed by atoms with Gasteiger partial charge in [0.15, 0.2) is 0 Å². The van der Waals surface area contributed by atoms with Crippen LogP contribution in [0.4, 0.5) is 9.18 Å². The zero-order valence-corrected chi connectivity index (χ0v) is 17.4. The van der Waals surface area contributed by atoms with Gasteiger partial charge in [0.2, 0.25) is 5.91 Å². The van der Waals surface area contributed by atoms with Gasteiger partial charge in [-0.15, -0.1) is 0 Å². The van der Waals surface area contributed by atoms with E-state index < -0.39 is 23.9 Å². The highest BCUT2D eigenvalue weighted by Crippen LogP contribution is 2.53. The van der Waals surface area contributed by atoms with E-state index in [0.717, 1.165) is 12.0 Å². The molecule has 0 saturated heterocycles. The third kappa shape index (κ3) is 5.20. The van der Waals surface area contributed by atoms with Crippen molar-refractivity contribution < 1.29 is 23.9 Å². The first-order valence-corrected chi connectivity index (χ1v) is 10.1. The molecule has 3 atom stereocenters. The normalized spacial score (nSPS) is 20.4. The summed E-state index contributed by atoms with van der Waals surface area (Å²) >= 11 is 0. The number of hydrogen-bond acceptors (Lipinski definition) is 3. The van der Waals surface area contributed by atoms with Crippen LogP contribution in [0, 0.1) is 11.7 Å². The van der Waals surface area contributed by atoms with Crippen molar-refractivity contribution in [1.82, 2.24) is 16.0 Å². The fourth-order valence-electron chi connectivity index (χ4n) is 3.87. The first-order valence-electron chi connectivity index (χ1n) is 10.1. The van der Waals surface area contributed by atoms with Crippen molar-refractivity contribution in [3.05, 3.63) is 71.0 Å². The molecule has 1 aliphatic rings. The Balaban J connectivity index is 1.62. The molecule has 8 heteroatoms. The lowest BCUT2D eigenvalue weighted by Gasteiger charge is -2.19. The second-order valence-corrected chi connectivity index (χ2v) is 8.03. The van der Waals surface area contributed by atoms with Crippen molar-refractivity contribution >= 4 is 17.9 Å². The van der Waals surface area contributed by atoms with Gasteiger partial charge in [0.1, 0.15) is 5.82 Å². The zero-order chi connectivity index (χ0) is 22.6. The van der Waals surface area contributed by atoms with Crippen LogP contribution in [0.25, 0.3) is 0 Å². The smallest absolute Gasteiger partial charge is 0.404 e. The highest BCUT2D eigenvalue weighted by molar-refractivity contribution is 5.94. The summed E-state index contributed by atoms with van der Waals surface area (Å²) < 4.78 is 14.2. The second kappa shape index (κ2) is 9.16. The molecule has 4 N–H and O–H groups in total. The molecule has 1 aliphatic carbocycles. The van der Waals surface area contributed by atoms with Crippen molar-refractivity contribution in [2.75, 3.05) is 13.6 Å². The monoisotopic (exact) mass is 427 g/mol. The van der Waals surface area contributed by atoms with E-state index in [1.807, 2.05) is 37.3 Å². The molecule has 0 aromatic heterocycles. The van der Waals surface area contributed by atoms with Gasteiger partial charge in [-0.1, -0.05) is 43.3 Å². The van der Waals surface area contributed by atoms with Gasteiger partial charge >= 0.3 is 6.09 Å². The standard InChI is InChI=1S/C23H26FN3O4/c1-23(15-6-4-3-5-7-15)12-18(23)21(29)26-13-16(27-22(30)31)10-14-8-9-17(19(24)11-14)20(28)25-2/h3-9,11,16,18,27H,10,12-13H2,1-2H3,(H,25,28)(H,26,29)(H,30,31)/t16-,18-,23-/m0/s1. The van der Waals surface area contributed by atoms with E-state index in [-0.39, 0.29) is 35.8 Å². The third-order valence-electron chi connectivity index (χ3n) is 5.82. The highest BCUT2D eigenvalue weighted by Gasteiger charge is 2.55. The summed E-state index contributed by atoms with van der Waals surface area (Å²) in [6.07, 6.45) is -0.341. The van der Waals surface area contributed by atoms with Gasteiger partial charge < -0.3 is 21.1 Å². The molecule has 3 rings (SSSR count). The van der Waals surface area contributed by atoms with Gasteiger partial charge in [0.05, 0.1) is 11.6 Å². The average Bonchev–Trinajstić information content (AvgIpc) is 3.45. The Kier molecular flexibility index (Phi) is 6.58. The highest BCUT2D eigenvalue weighted by atomic mass is 19.1. The van der Waals surface area contributed by atoms with Gasteiger partial charge in [0.25, 0.3) is 5.91 Å². The Morgan fingerprint density at radius 2 is 1.90 bits per heavy atom. The van der Waals surface area contributed by atoms with Crippen molar-refractivity contribution in [1.29, 1.82) is 0 Å². The number of carbonyl (C=O) groups excluding carboxylic acids is 2. The predicted molar refractivity (Wildman–Crippen MR) is 113 cm³/mol. The molecule has 0 spiro atoms. The minimum atomic E-state index is -1.23. The molecule has 2 aromatic carbocycles. The van der Waals surface area contributed by atoms with Gasteiger partial charge in [-0.25, -0.2) is 9.18 Å². The van der Waals surface area contributed by atoms with Gasteiger partial charge in [-0.3, -0.25) is 9.59 Å². The number of nitrogens with one attached hydrogen (secondary N) is 3. The van der Waals surface area contributed by atoms with Crippen molar-refractivity contribution in [3.63, 3.8) is 0 Å². The Morgan fingerprint density at radius 3 is 2.52 bits per heavy atom. The van der Waals surface area contributed by atoms with Crippen LogP contribution in [0.15, 0.2) is 48.5 Å². The number of benzene rings is 2. The largest absolute Gasteiger partial charge is 0.465 e. The number of hydrogen-bond donors (Lipinski definition) is 4. The van der Waals surface area contributed by atoms with E-state index in [1.54, 1.807) is 6.07 Å². The number of carbonyl (C=O) groups is 3. The molecular formula is C23H26FN3O4. The van der Waals surface area contributed by atoms with Crippen LogP contribution in [0.3, 0.4) is 0 Å². The number of amides is 3. The summed E-state index contributed by atoms with van der Waals surface area (Å²) in [5.74, 6) is -1.54. The van der Waals surface area contributed by atoms with E-state index in [0.29, 0.717) is 5.56 Å². The topological polar surface area (TPSA) is 108 Å². The first-order chi connectivity index (χ1) is 14.7. The van der Waals surface area contributed by atoms with Crippen LogP contribution in [0.2, 0.25) is 0 Å². The lowest BCUT2D eigenvalue weighted by atomic mass is 9.95. The van der Waals surface area contributed by atoms with Crippen LogP contribution in [-0.2, 0) is 16.6 Å². The van der Waals surface area contributed by atoms with Crippen molar-refractivity contribution in [2.45, 2.75) is 31.2 Å². The summed E-state index contributed by atoms with van der Waals surface area (Å²) in [5, 5.41) is 16.7. The molecule has 0 heterocycles. The fourth-order valence-corrected chi connectivity index (χ4v) is 3.87. The quantitative estimate of drug-likeness (QED) is 0.519. The van der Waals surface area contributed by atoms with Crippen molar-refractivity contribution in [3.8, 4) is 0 Å². The van der Waals surface area contributed by atoms with E-state index >= 15 is 0 Å². The molecule has 7 nitrogen and oxygen atoms in total. The lowest BCUT2D eigenvalue weighted by molar-refractivity contribution is -0.122. The summed E-state index contributed by atoms with van der Waals surface area (Å²) in [6.45, 7) is 2.11. The number of carboxylic acid groups (broad SMARTS) is 1. The molecule has 0 unspecified atom stereocenters.